The van der Waals surface area contributed by atoms with E-state index in [9.17, 15) is 9.90 Å². The van der Waals surface area contributed by atoms with E-state index in [1.54, 1.807) is 6.07 Å². The molecular formula is C33H34N2O5. The van der Waals surface area contributed by atoms with E-state index in [4.69, 9.17) is 13.7 Å². The molecule has 2 saturated carbocycles. The summed E-state index contributed by atoms with van der Waals surface area (Å²) in [5.74, 6) is 1.11. The minimum atomic E-state index is -1.04. The van der Waals surface area contributed by atoms with Crippen LogP contribution in [-0.4, -0.2) is 34.4 Å². The minimum Gasteiger partial charge on any atom is -0.475 e. The molecule has 1 N–H and O–H groups in total. The van der Waals surface area contributed by atoms with Crippen molar-refractivity contribution >= 4 is 22.6 Å². The number of nitrogens with zero attached hydrogens (tertiary/aromatic N) is 2. The number of rotatable bonds is 8. The molecule has 0 amide bonds. The molecule has 4 aromatic rings. The van der Waals surface area contributed by atoms with Crippen LogP contribution in [0, 0.1) is 6.92 Å². The zero-order valence-electron chi connectivity index (χ0n) is 22.8. The van der Waals surface area contributed by atoms with E-state index in [0.717, 1.165) is 53.7 Å². The lowest BCUT2D eigenvalue weighted by Crippen LogP contribution is -2.45. The Morgan fingerprint density at radius 2 is 1.77 bits per heavy atom. The molecule has 2 bridgehead atoms. The SMILES string of the molecule is Cc1c(N2C3CCC2CC(OCc2c(-c4ccccc4C4CC4)noc2C2CC2)C3)ccc2oc(C(=O)O)cc12. The number of benzene rings is 2. The second-order valence-corrected chi connectivity index (χ2v) is 12.2. The van der Waals surface area contributed by atoms with E-state index in [0.29, 0.717) is 36.1 Å². The van der Waals surface area contributed by atoms with E-state index in [1.807, 2.05) is 6.07 Å². The van der Waals surface area contributed by atoms with Crippen LogP contribution in [0.15, 0.2) is 51.4 Å². The molecule has 40 heavy (non-hydrogen) atoms. The number of carboxylic acid groups (broad SMARTS) is 1. The molecule has 0 radical (unpaired) electrons. The second-order valence-electron chi connectivity index (χ2n) is 12.2. The van der Waals surface area contributed by atoms with E-state index >= 15 is 0 Å². The van der Waals surface area contributed by atoms with Gasteiger partial charge in [0, 0.05) is 40.2 Å². The Bertz CT molecular complexity index is 1600. The number of carbonyl (C=O) groups is 1. The van der Waals surface area contributed by atoms with Gasteiger partial charge < -0.3 is 23.7 Å². The molecule has 4 fully saturated rings. The molecule has 7 heteroatoms. The molecule has 2 aromatic carbocycles. The molecule has 4 heterocycles. The number of furan rings is 1. The van der Waals surface area contributed by atoms with E-state index in [2.05, 4.69) is 47.3 Å². The summed E-state index contributed by atoms with van der Waals surface area (Å²) in [5, 5.41) is 14.9. The van der Waals surface area contributed by atoms with Gasteiger partial charge in [-0.05, 0) is 93.5 Å². The number of aromatic carboxylic acids is 1. The van der Waals surface area contributed by atoms with Gasteiger partial charge in [-0.2, -0.15) is 0 Å². The first kappa shape index (κ1) is 24.2. The molecular weight excluding hydrogens is 504 g/mol. The quantitative estimate of drug-likeness (QED) is 0.247. The van der Waals surface area contributed by atoms with Crippen LogP contribution in [0.25, 0.3) is 22.2 Å². The molecule has 8 rings (SSSR count). The highest BCUT2D eigenvalue weighted by molar-refractivity contribution is 5.94. The van der Waals surface area contributed by atoms with Crippen molar-refractivity contribution in [2.24, 2.45) is 0 Å². The van der Waals surface area contributed by atoms with Gasteiger partial charge >= 0.3 is 5.97 Å². The zero-order valence-corrected chi connectivity index (χ0v) is 22.8. The van der Waals surface area contributed by atoms with Crippen LogP contribution in [0.1, 0.15) is 96.2 Å². The van der Waals surface area contributed by atoms with Crippen molar-refractivity contribution in [2.45, 2.75) is 94.9 Å². The number of piperidine rings is 1. The first-order valence-electron chi connectivity index (χ1n) is 14.8. The van der Waals surface area contributed by atoms with Crippen molar-refractivity contribution in [1.29, 1.82) is 0 Å². The predicted molar refractivity (Wildman–Crippen MR) is 151 cm³/mol. The summed E-state index contributed by atoms with van der Waals surface area (Å²) >= 11 is 0. The smallest absolute Gasteiger partial charge is 0.371 e. The molecule has 7 nitrogen and oxygen atoms in total. The first-order valence-corrected chi connectivity index (χ1v) is 14.8. The Kier molecular flexibility index (Phi) is 5.59. The molecule has 0 spiro atoms. The Morgan fingerprint density at radius 3 is 2.50 bits per heavy atom. The summed E-state index contributed by atoms with van der Waals surface area (Å²) in [6.07, 6.45) is 9.30. The zero-order chi connectivity index (χ0) is 27.0. The number of ether oxygens (including phenoxy) is 1. The van der Waals surface area contributed by atoms with Gasteiger partial charge in [-0.25, -0.2) is 4.79 Å². The van der Waals surface area contributed by atoms with Crippen LogP contribution < -0.4 is 4.90 Å². The van der Waals surface area contributed by atoms with Crippen LogP contribution in [-0.2, 0) is 11.3 Å². The van der Waals surface area contributed by atoms with E-state index < -0.39 is 5.97 Å². The fourth-order valence-corrected chi connectivity index (χ4v) is 7.28. The fraction of sp³-hybridized carbons (Fsp3) is 0.455. The van der Waals surface area contributed by atoms with Crippen molar-refractivity contribution in [1.82, 2.24) is 5.16 Å². The van der Waals surface area contributed by atoms with Crippen molar-refractivity contribution < 1.29 is 23.6 Å². The number of fused-ring (bicyclic) bond motifs is 3. The number of anilines is 1. The van der Waals surface area contributed by atoms with Crippen LogP contribution in [0.4, 0.5) is 5.69 Å². The molecule has 4 aliphatic rings. The van der Waals surface area contributed by atoms with Gasteiger partial charge in [0.15, 0.2) is 0 Å². The van der Waals surface area contributed by atoms with Crippen LogP contribution in [0.2, 0.25) is 0 Å². The van der Waals surface area contributed by atoms with Gasteiger partial charge in [0.25, 0.3) is 0 Å². The average Bonchev–Trinajstić information content (AvgIpc) is 3.88. The second kappa shape index (κ2) is 9.23. The standard InChI is InChI=1S/C33H34N2O5/c1-18-26-16-30(33(36)37)39-29(26)13-12-28(18)35-21-10-11-22(35)15-23(14-21)38-17-27-31(34-40-32(27)20-8-9-20)25-5-3-2-4-24(25)19-6-7-19/h2-5,12-13,16,19-23H,6-11,14-15,17H2,1H3,(H,36,37). The number of aromatic nitrogens is 1. The molecule has 2 unspecified atom stereocenters. The minimum absolute atomic E-state index is 0.0104. The van der Waals surface area contributed by atoms with Crippen LogP contribution in [0.3, 0.4) is 0 Å². The molecule has 2 aliphatic heterocycles. The van der Waals surface area contributed by atoms with E-state index in [-0.39, 0.29) is 11.9 Å². The van der Waals surface area contributed by atoms with Gasteiger partial charge in [0.1, 0.15) is 17.0 Å². The largest absolute Gasteiger partial charge is 0.475 e. The maximum absolute atomic E-state index is 11.5. The van der Waals surface area contributed by atoms with Gasteiger partial charge in [-0.3, -0.25) is 0 Å². The third-order valence-corrected chi connectivity index (χ3v) is 9.58. The Labute approximate surface area is 233 Å². The first-order chi connectivity index (χ1) is 19.5. The monoisotopic (exact) mass is 538 g/mol. The molecule has 2 atom stereocenters. The summed E-state index contributed by atoms with van der Waals surface area (Å²) in [5.41, 5.74) is 7.64. The number of carboxylic acids is 1. The normalized spacial score (nSPS) is 24.2. The van der Waals surface area contributed by atoms with Crippen LogP contribution in [0.5, 0.6) is 0 Å². The topological polar surface area (TPSA) is 88.9 Å². The molecule has 206 valence electrons. The van der Waals surface area contributed by atoms with Gasteiger partial charge in [-0.1, -0.05) is 29.4 Å². The van der Waals surface area contributed by atoms with Crippen molar-refractivity contribution in [3.8, 4) is 11.3 Å². The predicted octanol–water partition coefficient (Wildman–Crippen LogP) is 7.57. The van der Waals surface area contributed by atoms with Crippen molar-refractivity contribution in [3.05, 3.63) is 70.7 Å². The summed E-state index contributed by atoms with van der Waals surface area (Å²) in [7, 11) is 0. The molecule has 2 aromatic heterocycles. The summed E-state index contributed by atoms with van der Waals surface area (Å²) in [6, 6.07) is 15.2. The van der Waals surface area contributed by atoms with E-state index in [1.165, 1.54) is 42.5 Å². The highest BCUT2D eigenvalue weighted by atomic mass is 16.5. The van der Waals surface area contributed by atoms with Crippen molar-refractivity contribution in [3.63, 3.8) is 0 Å². The molecule has 2 saturated heterocycles. The highest BCUT2D eigenvalue weighted by Crippen LogP contribution is 2.49. The Balaban J connectivity index is 1.03. The molecule has 2 aliphatic carbocycles. The maximum Gasteiger partial charge on any atom is 0.371 e. The summed E-state index contributed by atoms with van der Waals surface area (Å²) in [6.45, 7) is 2.62. The number of hydrogen-bond donors (Lipinski definition) is 1. The third kappa shape index (κ3) is 4.05. The van der Waals surface area contributed by atoms with Crippen molar-refractivity contribution in [2.75, 3.05) is 4.90 Å². The average molecular weight is 539 g/mol. The fourth-order valence-electron chi connectivity index (χ4n) is 7.28. The summed E-state index contributed by atoms with van der Waals surface area (Å²) in [4.78, 5) is 14.0. The number of hydrogen-bond acceptors (Lipinski definition) is 6. The lowest BCUT2D eigenvalue weighted by atomic mass is 9.96. The third-order valence-electron chi connectivity index (χ3n) is 9.58. The Hall–Kier alpha value is -3.58. The summed E-state index contributed by atoms with van der Waals surface area (Å²) < 4.78 is 18.2. The van der Waals surface area contributed by atoms with Crippen LogP contribution >= 0.6 is 0 Å². The van der Waals surface area contributed by atoms with Gasteiger partial charge in [-0.15, -0.1) is 0 Å². The van der Waals surface area contributed by atoms with Gasteiger partial charge in [0.2, 0.25) is 5.76 Å². The number of aryl methyl sites for hydroxylation is 1. The Morgan fingerprint density at radius 1 is 1.02 bits per heavy atom. The maximum atomic E-state index is 11.5. The highest BCUT2D eigenvalue weighted by Gasteiger charge is 2.42. The lowest BCUT2D eigenvalue weighted by Gasteiger charge is -2.41. The van der Waals surface area contributed by atoms with Gasteiger partial charge in [0.05, 0.1) is 12.7 Å². The lowest BCUT2D eigenvalue weighted by molar-refractivity contribution is 0.0147.